The SMILES string of the molecule is CSc1nccc(C(C)C(C)c2ncnc(N)c2C=N)n1. The van der Waals surface area contributed by atoms with E-state index in [2.05, 4.69) is 33.8 Å². The van der Waals surface area contributed by atoms with Gasteiger partial charge < -0.3 is 11.1 Å². The first-order chi connectivity index (χ1) is 10.1. The van der Waals surface area contributed by atoms with Crippen molar-refractivity contribution in [2.45, 2.75) is 30.8 Å². The third-order valence-corrected chi connectivity index (χ3v) is 4.14. The summed E-state index contributed by atoms with van der Waals surface area (Å²) in [6.07, 6.45) is 6.37. The smallest absolute Gasteiger partial charge is 0.187 e. The van der Waals surface area contributed by atoms with E-state index in [9.17, 15) is 0 Å². The second kappa shape index (κ2) is 6.62. The highest BCUT2D eigenvalue weighted by molar-refractivity contribution is 7.98. The number of hydrogen-bond donors (Lipinski definition) is 2. The Kier molecular flexibility index (Phi) is 4.85. The van der Waals surface area contributed by atoms with Crippen molar-refractivity contribution in [2.24, 2.45) is 0 Å². The van der Waals surface area contributed by atoms with Crippen molar-refractivity contribution in [3.05, 3.63) is 35.5 Å². The van der Waals surface area contributed by atoms with Gasteiger partial charge in [0.25, 0.3) is 0 Å². The van der Waals surface area contributed by atoms with E-state index in [0.717, 1.165) is 16.5 Å². The Labute approximate surface area is 128 Å². The molecule has 0 spiro atoms. The molecule has 6 nitrogen and oxygen atoms in total. The van der Waals surface area contributed by atoms with Crippen LogP contribution >= 0.6 is 11.8 Å². The predicted octanol–water partition coefficient (Wildman–Crippen LogP) is 2.48. The van der Waals surface area contributed by atoms with Gasteiger partial charge in [-0.25, -0.2) is 19.9 Å². The molecule has 110 valence electrons. The van der Waals surface area contributed by atoms with Crippen LogP contribution in [-0.2, 0) is 0 Å². The predicted molar refractivity (Wildman–Crippen MR) is 85.0 cm³/mol. The Morgan fingerprint density at radius 1 is 1.24 bits per heavy atom. The van der Waals surface area contributed by atoms with Crippen molar-refractivity contribution in [2.75, 3.05) is 12.0 Å². The summed E-state index contributed by atoms with van der Waals surface area (Å²) in [4.78, 5) is 17.0. The number of nitrogens with two attached hydrogens (primary N) is 1. The van der Waals surface area contributed by atoms with E-state index >= 15 is 0 Å². The maximum Gasteiger partial charge on any atom is 0.187 e. The Morgan fingerprint density at radius 2 is 2.00 bits per heavy atom. The molecule has 2 unspecified atom stereocenters. The Balaban J connectivity index is 2.37. The highest BCUT2D eigenvalue weighted by atomic mass is 32.2. The van der Waals surface area contributed by atoms with Crippen molar-refractivity contribution < 1.29 is 0 Å². The van der Waals surface area contributed by atoms with Crippen LogP contribution < -0.4 is 5.73 Å². The second-order valence-corrected chi connectivity index (χ2v) is 5.52. The summed E-state index contributed by atoms with van der Waals surface area (Å²) in [6, 6.07) is 1.91. The highest BCUT2D eigenvalue weighted by Gasteiger charge is 2.22. The highest BCUT2D eigenvalue weighted by Crippen LogP contribution is 2.32. The molecule has 7 heteroatoms. The molecule has 0 aliphatic rings. The fourth-order valence-corrected chi connectivity index (χ4v) is 2.50. The molecule has 0 amide bonds. The van der Waals surface area contributed by atoms with Gasteiger partial charge in [0.05, 0.1) is 11.3 Å². The van der Waals surface area contributed by atoms with Crippen LogP contribution in [0.4, 0.5) is 5.82 Å². The molecule has 2 rings (SSSR count). The minimum Gasteiger partial charge on any atom is -0.383 e. The zero-order chi connectivity index (χ0) is 15.4. The number of nitrogens with one attached hydrogen (secondary N) is 1. The van der Waals surface area contributed by atoms with Gasteiger partial charge in [-0.3, -0.25) is 0 Å². The summed E-state index contributed by atoms with van der Waals surface area (Å²) in [7, 11) is 0. The average Bonchev–Trinajstić information content (AvgIpc) is 2.53. The average molecular weight is 302 g/mol. The third kappa shape index (κ3) is 3.18. The van der Waals surface area contributed by atoms with Gasteiger partial charge >= 0.3 is 0 Å². The van der Waals surface area contributed by atoms with Crippen LogP contribution in [0.5, 0.6) is 0 Å². The second-order valence-electron chi connectivity index (χ2n) is 4.75. The molecular weight excluding hydrogens is 284 g/mol. The number of anilines is 1. The quantitative estimate of drug-likeness (QED) is 0.500. The summed E-state index contributed by atoms with van der Waals surface area (Å²) in [5, 5.41) is 8.27. The summed E-state index contributed by atoms with van der Waals surface area (Å²) < 4.78 is 0. The fourth-order valence-electron chi connectivity index (χ4n) is 2.13. The molecule has 2 aromatic rings. The fraction of sp³-hybridized carbons (Fsp3) is 0.357. The Hall–Kier alpha value is -2.02. The lowest BCUT2D eigenvalue weighted by Crippen LogP contribution is -2.13. The Bertz CT molecular complexity index is 645. The molecule has 0 aromatic carbocycles. The zero-order valence-electron chi connectivity index (χ0n) is 12.2. The number of thioether (sulfide) groups is 1. The van der Waals surface area contributed by atoms with Gasteiger partial charge in [0, 0.05) is 29.9 Å². The lowest BCUT2D eigenvalue weighted by molar-refractivity contribution is 0.583. The van der Waals surface area contributed by atoms with E-state index in [-0.39, 0.29) is 11.8 Å². The van der Waals surface area contributed by atoms with E-state index < -0.39 is 0 Å². The van der Waals surface area contributed by atoms with Crippen molar-refractivity contribution in [1.82, 2.24) is 19.9 Å². The molecule has 2 heterocycles. The van der Waals surface area contributed by atoms with E-state index in [1.807, 2.05) is 12.3 Å². The normalized spacial score (nSPS) is 13.7. The molecule has 3 N–H and O–H groups in total. The summed E-state index contributed by atoms with van der Waals surface area (Å²) in [5.74, 6) is 0.532. The van der Waals surface area contributed by atoms with Gasteiger partial charge in [-0.05, 0) is 12.3 Å². The number of nitrogens with zero attached hydrogens (tertiary/aromatic N) is 4. The van der Waals surface area contributed by atoms with E-state index in [1.165, 1.54) is 24.3 Å². The van der Waals surface area contributed by atoms with Crippen LogP contribution in [0, 0.1) is 5.41 Å². The molecule has 2 atom stereocenters. The first kappa shape index (κ1) is 15.4. The van der Waals surface area contributed by atoms with Crippen LogP contribution in [-0.4, -0.2) is 32.4 Å². The van der Waals surface area contributed by atoms with Crippen LogP contribution in [0.25, 0.3) is 0 Å². The van der Waals surface area contributed by atoms with E-state index in [1.54, 1.807) is 6.20 Å². The first-order valence-electron chi connectivity index (χ1n) is 6.56. The standard InChI is InChI=1S/C14H18N6S/c1-8(11-4-5-17-14(20-11)21-3)9(2)12-10(6-15)13(16)19-7-18-12/h4-9,15H,1-3H3,(H2,16,18,19). The van der Waals surface area contributed by atoms with Crippen molar-refractivity contribution in [3.8, 4) is 0 Å². The molecule has 0 bridgehead atoms. The van der Waals surface area contributed by atoms with Gasteiger partial charge in [-0.15, -0.1) is 0 Å². The molecule has 0 fully saturated rings. The lowest BCUT2D eigenvalue weighted by Gasteiger charge is -2.21. The first-order valence-corrected chi connectivity index (χ1v) is 7.78. The van der Waals surface area contributed by atoms with Crippen LogP contribution in [0.15, 0.2) is 23.7 Å². The molecule has 0 saturated heterocycles. The topological polar surface area (TPSA) is 101 Å². The molecular formula is C14H18N6S. The van der Waals surface area contributed by atoms with Gasteiger partial charge in [0.2, 0.25) is 0 Å². The minimum atomic E-state index is 0.0662. The number of aromatic nitrogens is 4. The molecule has 2 aromatic heterocycles. The van der Waals surface area contributed by atoms with Gasteiger partial charge in [0.1, 0.15) is 12.1 Å². The van der Waals surface area contributed by atoms with Crippen molar-refractivity contribution in [3.63, 3.8) is 0 Å². The monoisotopic (exact) mass is 302 g/mol. The van der Waals surface area contributed by atoms with E-state index in [0.29, 0.717) is 11.4 Å². The third-order valence-electron chi connectivity index (χ3n) is 3.58. The minimum absolute atomic E-state index is 0.0662. The Morgan fingerprint density at radius 3 is 2.67 bits per heavy atom. The summed E-state index contributed by atoms with van der Waals surface area (Å²) in [6.45, 7) is 4.14. The van der Waals surface area contributed by atoms with Crippen LogP contribution in [0.2, 0.25) is 0 Å². The van der Waals surface area contributed by atoms with Gasteiger partial charge in [-0.2, -0.15) is 0 Å². The number of hydrogen-bond acceptors (Lipinski definition) is 7. The molecule has 0 aliphatic carbocycles. The largest absolute Gasteiger partial charge is 0.383 e. The van der Waals surface area contributed by atoms with Crippen molar-refractivity contribution in [1.29, 1.82) is 5.41 Å². The van der Waals surface area contributed by atoms with Crippen LogP contribution in [0.3, 0.4) is 0 Å². The van der Waals surface area contributed by atoms with Crippen LogP contribution in [0.1, 0.15) is 42.6 Å². The van der Waals surface area contributed by atoms with Crippen molar-refractivity contribution >= 4 is 23.8 Å². The van der Waals surface area contributed by atoms with Gasteiger partial charge in [-0.1, -0.05) is 25.6 Å². The zero-order valence-corrected chi connectivity index (χ0v) is 13.1. The summed E-state index contributed by atoms with van der Waals surface area (Å²) >= 11 is 1.51. The molecule has 0 aliphatic heterocycles. The molecule has 0 saturated carbocycles. The summed E-state index contributed by atoms with van der Waals surface area (Å²) in [5.41, 5.74) is 8.13. The molecule has 0 radical (unpaired) electrons. The number of nitrogen functional groups attached to an aromatic ring is 1. The van der Waals surface area contributed by atoms with Gasteiger partial charge in [0.15, 0.2) is 5.16 Å². The maximum absolute atomic E-state index is 7.51. The maximum atomic E-state index is 7.51. The molecule has 21 heavy (non-hydrogen) atoms. The number of rotatable bonds is 5. The lowest BCUT2D eigenvalue weighted by atomic mass is 9.88. The van der Waals surface area contributed by atoms with E-state index in [4.69, 9.17) is 11.1 Å².